The number of aliphatic hydroxyl groups is 2. The molecule has 0 aliphatic heterocycles. The maximum absolute atomic E-state index is 9.18. The fourth-order valence-corrected chi connectivity index (χ4v) is 2.06. The zero-order valence-electron chi connectivity index (χ0n) is 10.1. The number of rotatable bonds is 4. The molecule has 1 aliphatic rings. The molecular formula is C12H24O3. The van der Waals surface area contributed by atoms with Crippen LogP contribution in [-0.2, 0) is 4.74 Å². The van der Waals surface area contributed by atoms with E-state index in [2.05, 4.69) is 20.8 Å². The third-order valence-electron chi connectivity index (χ3n) is 3.80. The summed E-state index contributed by atoms with van der Waals surface area (Å²) in [6.07, 6.45) is 2.83. The van der Waals surface area contributed by atoms with Crippen LogP contribution in [0.2, 0.25) is 0 Å². The molecule has 0 aromatic carbocycles. The Labute approximate surface area is 92.4 Å². The Hall–Kier alpha value is -0.120. The topological polar surface area (TPSA) is 49.7 Å². The zero-order valence-corrected chi connectivity index (χ0v) is 10.1. The van der Waals surface area contributed by atoms with Crippen LogP contribution in [0.1, 0.15) is 40.0 Å². The Kier molecular flexibility index (Phi) is 4.56. The number of aliphatic hydroxyl groups excluding tert-OH is 2. The minimum Gasteiger partial charge on any atom is -0.394 e. The molecule has 0 bridgehead atoms. The van der Waals surface area contributed by atoms with E-state index in [0.717, 1.165) is 12.8 Å². The first kappa shape index (κ1) is 12.9. The molecule has 1 aliphatic carbocycles. The fraction of sp³-hybridized carbons (Fsp3) is 1.00. The van der Waals surface area contributed by atoms with Crippen LogP contribution >= 0.6 is 0 Å². The molecule has 0 heterocycles. The van der Waals surface area contributed by atoms with E-state index >= 15 is 0 Å². The summed E-state index contributed by atoms with van der Waals surface area (Å²) < 4.78 is 5.59. The number of ether oxygens (including phenoxy) is 1. The molecule has 2 N–H and O–H groups in total. The van der Waals surface area contributed by atoms with Crippen molar-refractivity contribution >= 4 is 0 Å². The lowest BCUT2D eigenvalue weighted by atomic mass is 9.69. The SMILES string of the molecule is CC1CC(OCC(O)CO)CCC1(C)C. The van der Waals surface area contributed by atoms with Gasteiger partial charge < -0.3 is 14.9 Å². The number of hydrogen-bond acceptors (Lipinski definition) is 3. The molecule has 3 unspecified atom stereocenters. The maximum Gasteiger partial charge on any atom is 0.100 e. The molecule has 1 fully saturated rings. The lowest BCUT2D eigenvalue weighted by Gasteiger charge is -2.40. The second-order valence-corrected chi connectivity index (χ2v) is 5.46. The summed E-state index contributed by atoms with van der Waals surface area (Å²) in [6, 6.07) is 0. The third-order valence-corrected chi connectivity index (χ3v) is 3.80. The average molecular weight is 216 g/mol. The van der Waals surface area contributed by atoms with Crippen molar-refractivity contribution in [3.8, 4) is 0 Å². The van der Waals surface area contributed by atoms with Gasteiger partial charge in [0.2, 0.25) is 0 Å². The molecule has 90 valence electrons. The van der Waals surface area contributed by atoms with Crippen LogP contribution in [0.15, 0.2) is 0 Å². The van der Waals surface area contributed by atoms with Gasteiger partial charge in [-0.15, -0.1) is 0 Å². The van der Waals surface area contributed by atoms with Gasteiger partial charge in [-0.25, -0.2) is 0 Å². The highest BCUT2D eigenvalue weighted by Gasteiger charge is 2.33. The summed E-state index contributed by atoms with van der Waals surface area (Å²) in [6.45, 7) is 6.91. The lowest BCUT2D eigenvalue weighted by Crippen LogP contribution is -2.35. The quantitative estimate of drug-likeness (QED) is 0.750. The molecule has 3 atom stereocenters. The third kappa shape index (κ3) is 3.74. The van der Waals surface area contributed by atoms with Crippen molar-refractivity contribution in [2.24, 2.45) is 11.3 Å². The average Bonchev–Trinajstić information content (AvgIpc) is 2.19. The Bertz CT molecular complexity index is 191. The van der Waals surface area contributed by atoms with E-state index in [9.17, 15) is 5.11 Å². The maximum atomic E-state index is 9.18. The van der Waals surface area contributed by atoms with Gasteiger partial charge in [-0.1, -0.05) is 20.8 Å². The zero-order chi connectivity index (χ0) is 11.5. The Morgan fingerprint density at radius 1 is 1.47 bits per heavy atom. The predicted molar refractivity (Wildman–Crippen MR) is 59.6 cm³/mol. The summed E-state index contributed by atoms with van der Waals surface area (Å²) in [7, 11) is 0. The van der Waals surface area contributed by atoms with Gasteiger partial charge in [-0.2, -0.15) is 0 Å². The van der Waals surface area contributed by atoms with Gasteiger partial charge in [-0.3, -0.25) is 0 Å². The first-order valence-corrected chi connectivity index (χ1v) is 5.86. The summed E-state index contributed by atoms with van der Waals surface area (Å²) in [5.74, 6) is 0.655. The van der Waals surface area contributed by atoms with Crippen LogP contribution in [0.4, 0.5) is 0 Å². The standard InChI is InChI=1S/C12H24O3/c1-9-6-11(4-5-12(9,2)3)15-8-10(14)7-13/h9-11,13-14H,4-8H2,1-3H3. The first-order valence-electron chi connectivity index (χ1n) is 5.86. The summed E-state index contributed by atoms with van der Waals surface area (Å²) in [5.41, 5.74) is 0.412. The Balaban J connectivity index is 2.29. The van der Waals surface area contributed by atoms with Gasteiger partial charge >= 0.3 is 0 Å². The van der Waals surface area contributed by atoms with E-state index in [1.165, 1.54) is 6.42 Å². The van der Waals surface area contributed by atoms with Crippen LogP contribution in [-0.4, -0.2) is 35.6 Å². The second-order valence-electron chi connectivity index (χ2n) is 5.46. The van der Waals surface area contributed by atoms with E-state index < -0.39 is 6.10 Å². The summed E-state index contributed by atoms with van der Waals surface area (Å²) >= 11 is 0. The van der Waals surface area contributed by atoms with Gasteiger partial charge in [0.05, 0.1) is 19.3 Å². The Morgan fingerprint density at radius 2 is 2.13 bits per heavy atom. The first-order chi connectivity index (χ1) is 6.95. The highest BCUT2D eigenvalue weighted by molar-refractivity contribution is 4.84. The van der Waals surface area contributed by atoms with Crippen LogP contribution in [0, 0.1) is 11.3 Å². The highest BCUT2D eigenvalue weighted by Crippen LogP contribution is 2.41. The van der Waals surface area contributed by atoms with Crippen LogP contribution < -0.4 is 0 Å². The lowest BCUT2D eigenvalue weighted by molar-refractivity contribution is -0.0630. The van der Waals surface area contributed by atoms with Gasteiger partial charge in [0.25, 0.3) is 0 Å². The molecule has 1 saturated carbocycles. The number of hydrogen-bond donors (Lipinski definition) is 2. The van der Waals surface area contributed by atoms with Crippen molar-refractivity contribution in [3.05, 3.63) is 0 Å². The molecule has 0 radical (unpaired) electrons. The molecule has 3 heteroatoms. The Morgan fingerprint density at radius 3 is 2.67 bits per heavy atom. The summed E-state index contributed by atoms with van der Waals surface area (Å²) in [4.78, 5) is 0. The monoisotopic (exact) mass is 216 g/mol. The van der Waals surface area contributed by atoms with Crippen LogP contribution in [0.3, 0.4) is 0 Å². The summed E-state index contributed by atoms with van der Waals surface area (Å²) in [5, 5.41) is 17.9. The van der Waals surface area contributed by atoms with E-state index in [4.69, 9.17) is 9.84 Å². The van der Waals surface area contributed by atoms with Crippen molar-refractivity contribution in [3.63, 3.8) is 0 Å². The van der Waals surface area contributed by atoms with Gasteiger partial charge in [0.1, 0.15) is 6.10 Å². The largest absolute Gasteiger partial charge is 0.394 e. The molecular weight excluding hydrogens is 192 g/mol. The molecule has 1 rings (SSSR count). The molecule has 0 amide bonds. The minimum atomic E-state index is -0.727. The van der Waals surface area contributed by atoms with Crippen molar-refractivity contribution < 1.29 is 14.9 Å². The van der Waals surface area contributed by atoms with Crippen LogP contribution in [0.5, 0.6) is 0 Å². The van der Waals surface area contributed by atoms with E-state index in [0.29, 0.717) is 11.3 Å². The smallest absolute Gasteiger partial charge is 0.100 e. The molecule has 3 nitrogen and oxygen atoms in total. The predicted octanol–water partition coefficient (Wildman–Crippen LogP) is 1.57. The van der Waals surface area contributed by atoms with E-state index in [-0.39, 0.29) is 19.3 Å². The van der Waals surface area contributed by atoms with Crippen molar-refractivity contribution in [2.45, 2.75) is 52.2 Å². The normalized spacial score (nSPS) is 32.6. The molecule has 0 spiro atoms. The molecule has 15 heavy (non-hydrogen) atoms. The molecule has 0 aromatic heterocycles. The van der Waals surface area contributed by atoms with Crippen LogP contribution in [0.25, 0.3) is 0 Å². The van der Waals surface area contributed by atoms with E-state index in [1.807, 2.05) is 0 Å². The minimum absolute atomic E-state index is 0.215. The fourth-order valence-electron chi connectivity index (χ4n) is 2.06. The van der Waals surface area contributed by atoms with Crippen molar-refractivity contribution in [1.29, 1.82) is 0 Å². The van der Waals surface area contributed by atoms with Gasteiger partial charge in [0, 0.05) is 0 Å². The molecule has 0 saturated heterocycles. The second kappa shape index (κ2) is 5.28. The molecule has 0 aromatic rings. The van der Waals surface area contributed by atoms with Gasteiger partial charge in [-0.05, 0) is 30.6 Å². The van der Waals surface area contributed by atoms with Crippen molar-refractivity contribution in [2.75, 3.05) is 13.2 Å². The van der Waals surface area contributed by atoms with Gasteiger partial charge in [0.15, 0.2) is 0 Å². The highest BCUT2D eigenvalue weighted by atomic mass is 16.5. The van der Waals surface area contributed by atoms with Crippen molar-refractivity contribution in [1.82, 2.24) is 0 Å². The van der Waals surface area contributed by atoms with E-state index in [1.54, 1.807) is 0 Å².